The zero-order valence-corrected chi connectivity index (χ0v) is 18.7. The summed E-state index contributed by atoms with van der Waals surface area (Å²) in [5, 5.41) is 11.9. The molecule has 1 amide bonds. The van der Waals surface area contributed by atoms with Crippen LogP contribution in [0.2, 0.25) is 5.02 Å². The van der Waals surface area contributed by atoms with Gasteiger partial charge in [-0.15, -0.1) is 0 Å². The Morgan fingerprint density at radius 3 is 2.55 bits per heavy atom. The highest BCUT2D eigenvalue weighted by Crippen LogP contribution is 2.39. The van der Waals surface area contributed by atoms with E-state index in [1.165, 1.54) is 30.3 Å². The summed E-state index contributed by atoms with van der Waals surface area (Å²) in [4.78, 5) is 31.1. The van der Waals surface area contributed by atoms with Crippen LogP contribution in [0.4, 0.5) is 11.4 Å². The first-order valence-electron chi connectivity index (χ1n) is 10.2. The Hall–Kier alpha value is -2.64. The smallest absolute Gasteiger partial charge is 0.283 e. The predicted molar refractivity (Wildman–Crippen MR) is 126 cm³/mol. The van der Waals surface area contributed by atoms with Crippen molar-refractivity contribution in [2.75, 3.05) is 0 Å². The molecule has 0 N–H and O–H groups in total. The first-order valence-corrected chi connectivity index (χ1v) is 11.4. The van der Waals surface area contributed by atoms with E-state index in [4.69, 9.17) is 16.6 Å². The van der Waals surface area contributed by atoms with Gasteiger partial charge in [-0.05, 0) is 61.4 Å². The maximum Gasteiger partial charge on any atom is 0.288 e. The minimum absolute atomic E-state index is 0.0722. The standard InChI is InChI=1S/C23H22ClN3O3S/c1-15-7-10-17(11-8-15)25-23-26(18-5-3-2-4-6-18)22(28)21(31-23)14-16-9-12-19(24)20(13-16)27(29)30/h7-14,18H,2-6H2,1H3/b21-14+,25-23?. The van der Waals surface area contributed by atoms with Crippen LogP contribution < -0.4 is 0 Å². The number of hydrogen-bond acceptors (Lipinski definition) is 5. The van der Waals surface area contributed by atoms with Gasteiger partial charge in [0, 0.05) is 12.1 Å². The topological polar surface area (TPSA) is 75.8 Å². The molecule has 2 aliphatic rings. The van der Waals surface area contributed by atoms with Crippen LogP contribution in [-0.4, -0.2) is 26.9 Å². The van der Waals surface area contributed by atoms with E-state index in [-0.39, 0.29) is 22.7 Å². The van der Waals surface area contributed by atoms with Gasteiger partial charge in [-0.2, -0.15) is 0 Å². The van der Waals surface area contributed by atoms with Crippen LogP contribution in [-0.2, 0) is 4.79 Å². The molecule has 0 aromatic heterocycles. The molecule has 1 aliphatic carbocycles. The fourth-order valence-corrected chi connectivity index (χ4v) is 5.11. The highest BCUT2D eigenvalue weighted by molar-refractivity contribution is 8.18. The van der Waals surface area contributed by atoms with Gasteiger partial charge in [-0.3, -0.25) is 19.8 Å². The molecule has 1 saturated carbocycles. The summed E-state index contributed by atoms with van der Waals surface area (Å²) in [5.41, 5.74) is 2.33. The van der Waals surface area contributed by atoms with Crippen molar-refractivity contribution in [2.45, 2.75) is 45.1 Å². The lowest BCUT2D eigenvalue weighted by Gasteiger charge is -2.30. The van der Waals surface area contributed by atoms with Crippen molar-refractivity contribution in [3.8, 4) is 0 Å². The molecule has 1 aliphatic heterocycles. The zero-order chi connectivity index (χ0) is 22.0. The van der Waals surface area contributed by atoms with Gasteiger partial charge in [0.05, 0.1) is 15.5 Å². The summed E-state index contributed by atoms with van der Waals surface area (Å²) in [7, 11) is 0. The number of nitro groups is 1. The lowest BCUT2D eigenvalue weighted by atomic mass is 9.94. The van der Waals surface area contributed by atoms with Crippen molar-refractivity contribution in [3.63, 3.8) is 0 Å². The molecule has 0 spiro atoms. The molecule has 0 radical (unpaired) electrons. The molecule has 0 unspecified atom stereocenters. The van der Waals surface area contributed by atoms with Gasteiger partial charge in [0.25, 0.3) is 11.6 Å². The number of nitrogens with zero attached hydrogens (tertiary/aromatic N) is 3. The third kappa shape index (κ3) is 4.83. The first-order chi connectivity index (χ1) is 14.9. The molecule has 2 fully saturated rings. The average molecular weight is 456 g/mol. The third-order valence-electron chi connectivity index (χ3n) is 5.50. The number of nitro benzene ring substituents is 1. The Balaban J connectivity index is 1.71. The van der Waals surface area contributed by atoms with E-state index in [0.717, 1.165) is 36.9 Å². The molecular formula is C23H22ClN3O3S. The minimum atomic E-state index is -0.521. The number of aryl methyl sites for hydroxylation is 1. The molecule has 0 atom stereocenters. The number of benzene rings is 2. The quantitative estimate of drug-likeness (QED) is 0.300. The van der Waals surface area contributed by atoms with Crippen LogP contribution in [0.1, 0.15) is 43.2 Å². The summed E-state index contributed by atoms with van der Waals surface area (Å²) in [6.07, 6.45) is 6.98. The fraction of sp³-hybridized carbons (Fsp3) is 0.304. The summed E-state index contributed by atoms with van der Waals surface area (Å²) >= 11 is 7.24. The molecule has 4 rings (SSSR count). The predicted octanol–water partition coefficient (Wildman–Crippen LogP) is 6.49. The molecule has 0 bridgehead atoms. The highest BCUT2D eigenvalue weighted by Gasteiger charge is 2.38. The number of carbonyl (C=O) groups is 1. The van der Waals surface area contributed by atoms with Gasteiger partial charge in [-0.1, -0.05) is 54.6 Å². The van der Waals surface area contributed by atoms with Crippen molar-refractivity contribution in [3.05, 3.63) is 73.6 Å². The second-order valence-corrected chi connectivity index (χ2v) is 9.19. The Kier molecular flexibility index (Phi) is 6.43. The molecule has 31 heavy (non-hydrogen) atoms. The second-order valence-electron chi connectivity index (χ2n) is 7.78. The van der Waals surface area contributed by atoms with Gasteiger partial charge < -0.3 is 0 Å². The number of carbonyl (C=O) groups excluding carboxylic acids is 1. The largest absolute Gasteiger partial charge is 0.288 e. The van der Waals surface area contributed by atoms with Crippen LogP contribution in [0.15, 0.2) is 52.4 Å². The monoisotopic (exact) mass is 455 g/mol. The SMILES string of the molecule is Cc1ccc(N=C2S/C(=C/c3ccc(Cl)c([N+](=O)[O-])c3)C(=O)N2C2CCCCC2)cc1. The van der Waals surface area contributed by atoms with E-state index in [9.17, 15) is 14.9 Å². The summed E-state index contributed by atoms with van der Waals surface area (Å²) in [5.74, 6) is -0.0969. The van der Waals surface area contributed by atoms with Crippen molar-refractivity contribution >= 4 is 51.9 Å². The zero-order valence-electron chi connectivity index (χ0n) is 17.1. The van der Waals surface area contributed by atoms with Crippen molar-refractivity contribution < 1.29 is 9.72 Å². The average Bonchev–Trinajstić information content (AvgIpc) is 3.06. The van der Waals surface area contributed by atoms with Crippen LogP contribution in [0.3, 0.4) is 0 Å². The van der Waals surface area contributed by atoms with Crippen LogP contribution >= 0.6 is 23.4 Å². The van der Waals surface area contributed by atoms with Gasteiger partial charge in [0.2, 0.25) is 0 Å². The molecule has 1 heterocycles. The summed E-state index contributed by atoms with van der Waals surface area (Å²) < 4.78 is 0. The number of amides is 1. The number of aliphatic imine (C=N–C) groups is 1. The Bertz CT molecular complexity index is 1080. The Morgan fingerprint density at radius 1 is 1.16 bits per heavy atom. The van der Waals surface area contributed by atoms with E-state index in [0.29, 0.717) is 15.6 Å². The molecule has 8 heteroatoms. The van der Waals surface area contributed by atoms with Crippen LogP contribution in [0.25, 0.3) is 6.08 Å². The lowest BCUT2D eigenvalue weighted by molar-refractivity contribution is -0.384. The number of halogens is 1. The number of rotatable bonds is 4. The number of thioether (sulfide) groups is 1. The van der Waals surface area contributed by atoms with Gasteiger partial charge in [0.15, 0.2) is 5.17 Å². The number of hydrogen-bond donors (Lipinski definition) is 0. The van der Waals surface area contributed by atoms with E-state index >= 15 is 0 Å². The molecule has 1 saturated heterocycles. The normalized spacial score (nSPS) is 20.1. The maximum atomic E-state index is 13.3. The molecule has 2 aromatic carbocycles. The first kappa shape index (κ1) is 21.6. The Morgan fingerprint density at radius 2 is 1.87 bits per heavy atom. The minimum Gasteiger partial charge on any atom is -0.283 e. The maximum absolute atomic E-state index is 13.3. The highest BCUT2D eigenvalue weighted by atomic mass is 35.5. The molecular weight excluding hydrogens is 434 g/mol. The van der Waals surface area contributed by atoms with E-state index in [2.05, 4.69) is 0 Å². The molecule has 6 nitrogen and oxygen atoms in total. The van der Waals surface area contributed by atoms with E-state index < -0.39 is 4.92 Å². The van der Waals surface area contributed by atoms with E-state index in [1.54, 1.807) is 12.1 Å². The third-order valence-corrected chi connectivity index (χ3v) is 6.80. The van der Waals surface area contributed by atoms with Crippen molar-refractivity contribution in [2.24, 2.45) is 4.99 Å². The van der Waals surface area contributed by atoms with Gasteiger partial charge in [0.1, 0.15) is 5.02 Å². The summed E-state index contributed by atoms with van der Waals surface area (Å²) in [6.45, 7) is 2.02. The van der Waals surface area contributed by atoms with Crippen LogP contribution in [0, 0.1) is 17.0 Å². The molecule has 2 aromatic rings. The van der Waals surface area contributed by atoms with Gasteiger partial charge >= 0.3 is 0 Å². The summed E-state index contributed by atoms with van der Waals surface area (Å²) in [6, 6.07) is 12.6. The van der Waals surface area contributed by atoms with Crippen molar-refractivity contribution in [1.82, 2.24) is 4.90 Å². The van der Waals surface area contributed by atoms with Gasteiger partial charge in [-0.25, -0.2) is 4.99 Å². The van der Waals surface area contributed by atoms with E-state index in [1.807, 2.05) is 36.1 Å². The second kappa shape index (κ2) is 9.24. The van der Waals surface area contributed by atoms with Crippen molar-refractivity contribution in [1.29, 1.82) is 0 Å². The Labute approximate surface area is 190 Å². The number of amidine groups is 1. The molecule has 160 valence electrons. The fourth-order valence-electron chi connectivity index (χ4n) is 3.87. The lowest BCUT2D eigenvalue weighted by Crippen LogP contribution is -2.40. The van der Waals surface area contributed by atoms with Crippen LogP contribution in [0.5, 0.6) is 0 Å².